The molecule has 32 heavy (non-hydrogen) atoms. The van der Waals surface area contributed by atoms with E-state index in [4.69, 9.17) is 20.5 Å². The van der Waals surface area contributed by atoms with Crippen LogP contribution in [0.1, 0.15) is 37.7 Å². The summed E-state index contributed by atoms with van der Waals surface area (Å²) in [5.41, 5.74) is 8.21. The Morgan fingerprint density at radius 2 is 1.84 bits per heavy atom. The number of thioether (sulfide) groups is 1. The number of primary amides is 1. The molecule has 0 aromatic heterocycles. The summed E-state index contributed by atoms with van der Waals surface area (Å²) in [7, 11) is 1.66. The van der Waals surface area contributed by atoms with Crippen molar-refractivity contribution in [1.29, 1.82) is 0 Å². The predicted molar refractivity (Wildman–Crippen MR) is 144 cm³/mol. The summed E-state index contributed by atoms with van der Waals surface area (Å²) in [6.07, 6.45) is 5.37. The molecule has 0 radical (unpaired) electrons. The van der Waals surface area contributed by atoms with E-state index in [1.54, 1.807) is 7.11 Å². The van der Waals surface area contributed by atoms with E-state index in [9.17, 15) is 4.79 Å². The summed E-state index contributed by atoms with van der Waals surface area (Å²) in [4.78, 5) is 23.9. The summed E-state index contributed by atoms with van der Waals surface area (Å²) in [5, 5.41) is 0.776. The first kappa shape index (κ1) is 24.6. The van der Waals surface area contributed by atoms with E-state index in [0.717, 1.165) is 59.4 Å². The van der Waals surface area contributed by atoms with E-state index >= 15 is 0 Å². The van der Waals surface area contributed by atoms with Gasteiger partial charge in [-0.2, -0.15) is 0 Å². The fraction of sp³-hybridized carbons (Fsp3) is 0.375. The van der Waals surface area contributed by atoms with Gasteiger partial charge in [0.1, 0.15) is 11.3 Å². The maximum Gasteiger partial charge on any atom is 0.227 e. The molecule has 1 aliphatic heterocycles. The lowest BCUT2D eigenvalue weighted by Gasteiger charge is -2.42. The molecule has 4 rings (SSSR count). The molecule has 2 N–H and O–H groups in total. The third-order valence-electron chi connectivity index (χ3n) is 5.93. The Bertz CT molecular complexity index is 1020. The van der Waals surface area contributed by atoms with Crippen molar-refractivity contribution >= 4 is 64.0 Å². The molecular weight excluding hydrogens is 535 g/mol. The van der Waals surface area contributed by atoms with E-state index in [1.165, 1.54) is 18.2 Å². The van der Waals surface area contributed by atoms with E-state index in [1.807, 2.05) is 42.5 Å². The number of aliphatic imine (C=N–C) groups is 2. The first-order chi connectivity index (χ1) is 15.0. The number of hydrogen-bond donors (Lipinski definition) is 1. The Labute approximate surface area is 210 Å². The lowest BCUT2D eigenvalue weighted by atomic mass is 9.79. The second-order valence-electron chi connectivity index (χ2n) is 8.00. The summed E-state index contributed by atoms with van der Waals surface area (Å²) in [6.45, 7) is 2.07. The van der Waals surface area contributed by atoms with Gasteiger partial charge in [0.25, 0.3) is 0 Å². The molecule has 2 aromatic carbocycles. The second kappa shape index (κ2) is 10.7. The third-order valence-corrected chi connectivity index (χ3v) is 6.89. The molecule has 1 heterocycles. The van der Waals surface area contributed by atoms with Crippen LogP contribution in [-0.2, 0) is 4.79 Å². The van der Waals surface area contributed by atoms with Crippen molar-refractivity contribution in [2.24, 2.45) is 15.7 Å². The molecule has 0 atom stereocenters. The fourth-order valence-corrected chi connectivity index (χ4v) is 5.20. The minimum absolute atomic E-state index is 0. The van der Waals surface area contributed by atoms with Crippen LogP contribution in [0, 0.1) is 6.92 Å². The van der Waals surface area contributed by atoms with Crippen molar-refractivity contribution in [2.75, 3.05) is 17.8 Å². The van der Waals surface area contributed by atoms with E-state index < -0.39 is 0 Å². The van der Waals surface area contributed by atoms with E-state index in [0.29, 0.717) is 0 Å². The van der Waals surface area contributed by atoms with Crippen LogP contribution in [0.5, 0.6) is 5.75 Å². The maximum atomic E-state index is 11.5. The molecule has 1 fully saturated rings. The van der Waals surface area contributed by atoms with E-state index in [2.05, 4.69) is 17.9 Å². The highest BCUT2D eigenvalue weighted by Crippen LogP contribution is 2.45. The number of amidine groups is 2. The van der Waals surface area contributed by atoms with Crippen LogP contribution in [0.4, 0.5) is 11.4 Å². The number of carbonyl (C=O) groups excluding carboxylic acids is 1. The Morgan fingerprint density at radius 3 is 2.47 bits per heavy atom. The molecule has 6 nitrogen and oxygen atoms in total. The zero-order valence-electron chi connectivity index (χ0n) is 18.4. The van der Waals surface area contributed by atoms with Crippen molar-refractivity contribution in [3.05, 3.63) is 54.1 Å². The van der Waals surface area contributed by atoms with Crippen LogP contribution < -0.4 is 15.4 Å². The van der Waals surface area contributed by atoms with Crippen LogP contribution in [-0.4, -0.2) is 35.3 Å². The summed E-state index contributed by atoms with van der Waals surface area (Å²) >= 11 is 1.38. The number of rotatable bonds is 5. The number of para-hydroxylation sites is 1. The number of anilines is 1. The van der Waals surface area contributed by atoms with Crippen molar-refractivity contribution in [3.63, 3.8) is 0 Å². The largest absolute Gasteiger partial charge is 0.497 e. The molecule has 170 valence electrons. The summed E-state index contributed by atoms with van der Waals surface area (Å²) in [5.74, 6) is 1.45. The molecule has 1 aliphatic carbocycles. The first-order valence-electron chi connectivity index (χ1n) is 10.6. The topological polar surface area (TPSA) is 80.3 Å². The molecule has 0 bridgehead atoms. The summed E-state index contributed by atoms with van der Waals surface area (Å²) in [6, 6.07) is 16.1. The lowest BCUT2D eigenvalue weighted by molar-refractivity contribution is -0.115. The van der Waals surface area contributed by atoms with Gasteiger partial charge in [-0.05, 0) is 55.7 Å². The number of nitrogens with two attached hydrogens (primary N) is 1. The van der Waals surface area contributed by atoms with Crippen LogP contribution >= 0.6 is 35.7 Å². The Hall–Kier alpha value is -2.07. The number of hydrogen-bond acceptors (Lipinski definition) is 5. The highest BCUT2D eigenvalue weighted by Gasteiger charge is 2.49. The van der Waals surface area contributed by atoms with Gasteiger partial charge in [0, 0.05) is 5.69 Å². The first-order valence-corrected chi connectivity index (χ1v) is 11.6. The Balaban J connectivity index is 0.00000289. The van der Waals surface area contributed by atoms with Crippen molar-refractivity contribution in [1.82, 2.24) is 0 Å². The number of nitrogens with zero attached hydrogens (tertiary/aromatic N) is 3. The van der Waals surface area contributed by atoms with Gasteiger partial charge in [-0.1, -0.05) is 49.2 Å². The number of benzene rings is 2. The minimum Gasteiger partial charge on any atom is -0.497 e. The smallest absolute Gasteiger partial charge is 0.227 e. The van der Waals surface area contributed by atoms with Crippen molar-refractivity contribution < 1.29 is 9.53 Å². The molecular formula is C24H29IN4O2S. The van der Waals surface area contributed by atoms with Gasteiger partial charge in [0.2, 0.25) is 5.91 Å². The zero-order valence-corrected chi connectivity index (χ0v) is 21.6. The quantitative estimate of drug-likeness (QED) is 0.490. The van der Waals surface area contributed by atoms with Crippen LogP contribution in [0.3, 0.4) is 0 Å². The number of halogens is 1. The highest BCUT2D eigenvalue weighted by atomic mass is 127. The predicted octanol–water partition coefficient (Wildman–Crippen LogP) is 5.45. The average molecular weight is 564 g/mol. The molecule has 1 amide bonds. The molecule has 1 spiro atoms. The molecule has 2 aliphatic rings. The maximum absolute atomic E-state index is 11.5. The number of methoxy groups -OCH3 is 1. The highest BCUT2D eigenvalue weighted by molar-refractivity contribution is 14.0. The van der Waals surface area contributed by atoms with Gasteiger partial charge in [0.05, 0.1) is 18.6 Å². The normalized spacial score (nSPS) is 18.4. The fourth-order valence-electron chi connectivity index (χ4n) is 4.36. The minimum atomic E-state index is -0.357. The van der Waals surface area contributed by atoms with Crippen LogP contribution in [0.15, 0.2) is 58.5 Å². The molecule has 8 heteroatoms. The van der Waals surface area contributed by atoms with Gasteiger partial charge < -0.3 is 15.4 Å². The Kier molecular flexibility index (Phi) is 8.21. The van der Waals surface area contributed by atoms with Crippen molar-refractivity contribution in [3.8, 4) is 5.75 Å². The molecule has 0 saturated heterocycles. The lowest BCUT2D eigenvalue weighted by Crippen LogP contribution is -2.53. The van der Waals surface area contributed by atoms with Gasteiger partial charge in [-0.25, -0.2) is 9.98 Å². The standard InChI is InChI=1S/C24H28N4O2S.HI/c1-17-8-4-5-9-20(17)26-22-24(14-6-3-7-15-24)28(23(27-22)31-16-21(25)29)18-10-12-19(30-2)13-11-18;/h4-5,8-13H,3,6-7,14-16H2,1-2H3,(H2,25,29);1H. The molecule has 2 aromatic rings. The van der Waals surface area contributed by atoms with E-state index in [-0.39, 0.29) is 41.2 Å². The summed E-state index contributed by atoms with van der Waals surface area (Å²) < 4.78 is 5.35. The zero-order chi connectivity index (χ0) is 21.8. The number of amides is 1. The number of carbonyl (C=O) groups is 1. The second-order valence-corrected chi connectivity index (χ2v) is 8.94. The molecule has 0 unspecified atom stereocenters. The third kappa shape index (κ3) is 4.96. The number of ether oxygens (including phenoxy) is 1. The average Bonchev–Trinajstić information content (AvgIpc) is 3.06. The van der Waals surface area contributed by atoms with Gasteiger partial charge in [-0.3, -0.25) is 4.79 Å². The van der Waals surface area contributed by atoms with Crippen LogP contribution in [0.2, 0.25) is 0 Å². The van der Waals surface area contributed by atoms with Crippen molar-refractivity contribution in [2.45, 2.75) is 44.6 Å². The van der Waals surface area contributed by atoms with Crippen LogP contribution in [0.25, 0.3) is 0 Å². The van der Waals surface area contributed by atoms with Gasteiger partial charge in [0.15, 0.2) is 11.0 Å². The Morgan fingerprint density at radius 1 is 1.16 bits per heavy atom. The van der Waals surface area contributed by atoms with Gasteiger partial charge >= 0.3 is 0 Å². The molecule has 1 saturated carbocycles. The number of aryl methyl sites for hydroxylation is 1. The SMILES string of the molecule is COc1ccc(N2C(SCC(N)=O)=NC(=Nc3ccccc3C)C23CCCCC3)cc1.I. The van der Waals surface area contributed by atoms with Gasteiger partial charge in [-0.15, -0.1) is 24.0 Å². The monoisotopic (exact) mass is 564 g/mol.